The average Bonchev–Trinajstić information content (AvgIpc) is 2.53. The number of hydrogen-bond acceptors (Lipinski definition) is 4. The summed E-state index contributed by atoms with van der Waals surface area (Å²) >= 11 is 0. The highest BCUT2D eigenvalue weighted by molar-refractivity contribution is 5.72. The van der Waals surface area contributed by atoms with Gasteiger partial charge in [-0.25, -0.2) is 8.78 Å². The number of halogens is 2. The lowest BCUT2D eigenvalue weighted by Crippen LogP contribution is -2.45. The Morgan fingerprint density at radius 2 is 2.21 bits per heavy atom. The van der Waals surface area contributed by atoms with Crippen molar-refractivity contribution in [2.75, 3.05) is 32.8 Å². The van der Waals surface area contributed by atoms with Gasteiger partial charge in [-0.15, -0.1) is 0 Å². The molecule has 0 saturated carbocycles. The quantitative estimate of drug-likeness (QED) is 0.715. The molecule has 2 rings (SSSR count). The molecule has 0 bridgehead atoms. The normalized spacial score (nSPS) is 19.0. The maximum atomic E-state index is 12.7. The largest absolute Gasteiger partial charge is 0.463 e. The van der Waals surface area contributed by atoms with Crippen molar-refractivity contribution in [2.24, 2.45) is 5.92 Å². The molecular weight excluding hydrogens is 316 g/mol. The van der Waals surface area contributed by atoms with E-state index in [1.807, 2.05) is 0 Å². The molecule has 0 aromatic heterocycles. The monoisotopic (exact) mass is 341 g/mol. The molecule has 1 aliphatic heterocycles. The summed E-state index contributed by atoms with van der Waals surface area (Å²) in [6.45, 7) is 7.78. The molecule has 1 aromatic carbocycles. The number of hydrogen-bond donors (Lipinski definition) is 0. The van der Waals surface area contributed by atoms with Gasteiger partial charge in [-0.3, -0.25) is 9.69 Å². The summed E-state index contributed by atoms with van der Waals surface area (Å²) in [5, 5.41) is 0. The molecule has 1 atom stereocenters. The summed E-state index contributed by atoms with van der Waals surface area (Å²) in [5.74, 6) is 0.152. The van der Waals surface area contributed by atoms with Crippen LogP contribution >= 0.6 is 0 Å². The van der Waals surface area contributed by atoms with Crippen LogP contribution in [0.1, 0.15) is 31.4 Å². The number of carbonyl (C=O) groups excluding carboxylic acids is 1. The lowest BCUT2D eigenvalue weighted by molar-refractivity contribution is -0.149. The predicted molar refractivity (Wildman–Crippen MR) is 87.1 cm³/mol. The number of ether oxygens (including phenoxy) is 2. The molecule has 0 radical (unpaired) electrons. The fourth-order valence-electron chi connectivity index (χ4n) is 2.81. The Hall–Kier alpha value is -1.53. The molecule has 1 heterocycles. The molecule has 1 unspecified atom stereocenters. The number of alkyl halides is 2. The third-order valence-electron chi connectivity index (χ3n) is 3.83. The summed E-state index contributed by atoms with van der Waals surface area (Å²) in [4.78, 5) is 14.2. The van der Waals surface area contributed by atoms with E-state index in [9.17, 15) is 13.6 Å². The fraction of sp³-hybridized carbons (Fsp3) is 0.611. The lowest BCUT2D eigenvalue weighted by Gasteiger charge is -2.33. The predicted octanol–water partition coefficient (Wildman–Crippen LogP) is 3.07. The second-order valence-electron chi connectivity index (χ2n) is 6.55. The van der Waals surface area contributed by atoms with Crippen LogP contribution < -0.4 is 0 Å². The molecule has 24 heavy (non-hydrogen) atoms. The Labute approximate surface area is 141 Å². The van der Waals surface area contributed by atoms with Crippen LogP contribution in [-0.4, -0.2) is 49.8 Å². The van der Waals surface area contributed by atoms with E-state index in [0.29, 0.717) is 18.1 Å². The van der Waals surface area contributed by atoms with Crippen LogP contribution in [-0.2, 0) is 20.7 Å². The van der Waals surface area contributed by atoms with Crippen LogP contribution in [0.15, 0.2) is 24.3 Å². The van der Waals surface area contributed by atoms with Crippen LogP contribution in [0.5, 0.6) is 0 Å². The van der Waals surface area contributed by atoms with Crippen LogP contribution in [0.2, 0.25) is 0 Å². The Balaban J connectivity index is 1.77. The Bertz CT molecular complexity index is 537. The molecule has 6 heteroatoms. The second-order valence-corrected chi connectivity index (χ2v) is 6.55. The number of carbonyl (C=O) groups is 1. The van der Waals surface area contributed by atoms with Gasteiger partial charge >= 0.3 is 5.97 Å². The lowest BCUT2D eigenvalue weighted by atomic mass is 10.1. The smallest absolute Gasteiger partial charge is 0.310 e. The maximum Gasteiger partial charge on any atom is 0.310 e. The minimum Gasteiger partial charge on any atom is -0.463 e. The van der Waals surface area contributed by atoms with Crippen LogP contribution in [0.25, 0.3) is 0 Å². The number of morpholine rings is 1. The third kappa shape index (κ3) is 6.17. The zero-order valence-electron chi connectivity index (χ0n) is 14.2. The van der Waals surface area contributed by atoms with E-state index in [2.05, 4.69) is 18.7 Å². The Morgan fingerprint density at radius 1 is 1.42 bits per heavy atom. The number of benzene rings is 1. The number of esters is 1. The molecule has 4 nitrogen and oxygen atoms in total. The van der Waals surface area contributed by atoms with Crippen LogP contribution in [0.4, 0.5) is 8.78 Å². The maximum absolute atomic E-state index is 12.7. The molecule has 134 valence electrons. The van der Waals surface area contributed by atoms with Crippen molar-refractivity contribution < 1.29 is 23.0 Å². The van der Waals surface area contributed by atoms with E-state index in [1.165, 1.54) is 18.2 Å². The molecule has 0 amide bonds. The number of nitrogens with zero attached hydrogens (tertiary/aromatic N) is 1. The van der Waals surface area contributed by atoms with Gasteiger partial charge in [0.1, 0.15) is 12.7 Å². The van der Waals surface area contributed by atoms with Gasteiger partial charge in [-0.1, -0.05) is 32.0 Å². The third-order valence-corrected chi connectivity index (χ3v) is 3.83. The van der Waals surface area contributed by atoms with E-state index >= 15 is 0 Å². The van der Waals surface area contributed by atoms with Gasteiger partial charge in [0.2, 0.25) is 0 Å². The highest BCUT2D eigenvalue weighted by atomic mass is 19.3. The summed E-state index contributed by atoms with van der Waals surface area (Å²) < 4.78 is 36.2. The molecule has 1 fully saturated rings. The molecule has 1 saturated heterocycles. The fourth-order valence-corrected chi connectivity index (χ4v) is 2.81. The van der Waals surface area contributed by atoms with Gasteiger partial charge in [0.25, 0.3) is 6.43 Å². The summed E-state index contributed by atoms with van der Waals surface area (Å²) in [7, 11) is 0. The van der Waals surface area contributed by atoms with Crippen LogP contribution in [0, 0.1) is 5.92 Å². The highest BCUT2D eigenvalue weighted by Crippen LogP contribution is 2.19. The van der Waals surface area contributed by atoms with Crippen molar-refractivity contribution in [3.05, 3.63) is 35.4 Å². The molecular formula is C18H25F2NO3. The molecule has 0 N–H and O–H groups in total. The van der Waals surface area contributed by atoms with Gasteiger partial charge in [0.15, 0.2) is 0 Å². The summed E-state index contributed by atoms with van der Waals surface area (Å²) in [6.07, 6.45) is -2.68. The topological polar surface area (TPSA) is 38.8 Å². The first kappa shape index (κ1) is 18.8. The van der Waals surface area contributed by atoms with E-state index in [0.717, 1.165) is 19.6 Å². The van der Waals surface area contributed by atoms with E-state index in [-0.39, 0.29) is 24.7 Å². The van der Waals surface area contributed by atoms with Gasteiger partial charge in [-0.05, 0) is 17.5 Å². The SMILES string of the molecule is CC(C)CN1CCOC(COC(=O)Cc2cccc(C(F)F)c2)C1. The van der Waals surface area contributed by atoms with Gasteiger partial charge in [0, 0.05) is 25.2 Å². The van der Waals surface area contributed by atoms with Gasteiger partial charge in [0.05, 0.1) is 13.0 Å². The molecule has 1 aliphatic rings. The van der Waals surface area contributed by atoms with E-state index in [4.69, 9.17) is 9.47 Å². The minimum atomic E-state index is -2.54. The second kappa shape index (κ2) is 9.08. The van der Waals surface area contributed by atoms with Crippen molar-refractivity contribution in [1.29, 1.82) is 0 Å². The first-order chi connectivity index (χ1) is 11.4. The van der Waals surface area contributed by atoms with Crippen molar-refractivity contribution in [3.63, 3.8) is 0 Å². The average molecular weight is 341 g/mol. The van der Waals surface area contributed by atoms with Crippen molar-refractivity contribution >= 4 is 5.97 Å². The first-order valence-electron chi connectivity index (χ1n) is 8.30. The first-order valence-corrected chi connectivity index (χ1v) is 8.30. The molecule has 0 aliphatic carbocycles. The molecule has 1 aromatic rings. The van der Waals surface area contributed by atoms with E-state index < -0.39 is 12.4 Å². The summed E-state index contributed by atoms with van der Waals surface area (Å²) in [6, 6.07) is 5.86. The number of rotatable bonds is 7. The Kier molecular flexibility index (Phi) is 7.12. The van der Waals surface area contributed by atoms with Crippen molar-refractivity contribution in [2.45, 2.75) is 32.8 Å². The minimum absolute atomic E-state index is 0.0109. The van der Waals surface area contributed by atoms with Gasteiger partial charge in [-0.2, -0.15) is 0 Å². The Morgan fingerprint density at radius 3 is 2.92 bits per heavy atom. The highest BCUT2D eigenvalue weighted by Gasteiger charge is 2.22. The van der Waals surface area contributed by atoms with Crippen molar-refractivity contribution in [3.8, 4) is 0 Å². The van der Waals surface area contributed by atoms with Crippen molar-refractivity contribution in [1.82, 2.24) is 4.90 Å². The van der Waals surface area contributed by atoms with Gasteiger partial charge < -0.3 is 9.47 Å². The van der Waals surface area contributed by atoms with E-state index in [1.54, 1.807) is 6.07 Å². The zero-order valence-corrected chi connectivity index (χ0v) is 14.2. The standard InChI is InChI=1S/C18H25F2NO3/c1-13(2)10-21-6-7-23-16(11-21)12-24-17(22)9-14-4-3-5-15(8-14)18(19)20/h3-5,8,13,16,18H,6-7,9-12H2,1-2H3. The zero-order chi connectivity index (χ0) is 17.5. The molecule has 0 spiro atoms. The van der Waals surface area contributed by atoms with Crippen LogP contribution in [0.3, 0.4) is 0 Å². The summed E-state index contributed by atoms with van der Waals surface area (Å²) in [5.41, 5.74) is 0.448.